The van der Waals surface area contributed by atoms with Crippen molar-refractivity contribution in [1.82, 2.24) is 9.29 Å². The second kappa shape index (κ2) is 8.84. The molecule has 1 fully saturated rings. The van der Waals surface area contributed by atoms with Crippen molar-refractivity contribution in [2.75, 3.05) is 18.4 Å². The van der Waals surface area contributed by atoms with Crippen molar-refractivity contribution in [2.24, 2.45) is 0 Å². The fourth-order valence-corrected chi connectivity index (χ4v) is 5.58. The van der Waals surface area contributed by atoms with E-state index in [9.17, 15) is 26.9 Å². The number of sulfonamides is 1. The number of halogens is 3. The molecule has 0 aliphatic carbocycles. The molecule has 1 aromatic heterocycles. The van der Waals surface area contributed by atoms with Gasteiger partial charge in [-0.2, -0.15) is 22.7 Å². The first-order valence-electron chi connectivity index (χ1n) is 10.0. The van der Waals surface area contributed by atoms with Crippen LogP contribution < -0.4 is 5.32 Å². The molecule has 1 saturated heterocycles. The highest BCUT2D eigenvalue weighted by molar-refractivity contribution is 7.89. The number of hydrogen-bond acceptors (Lipinski definition) is 5. The summed E-state index contributed by atoms with van der Waals surface area (Å²) in [6, 6.07) is 18.2. The number of nitrogens with zero attached hydrogens (tertiary/aromatic N) is 3. The Hall–Kier alpha value is -3.42. The molecular weight excluding hydrogens is 453 g/mol. The van der Waals surface area contributed by atoms with E-state index in [2.05, 4.69) is 10.3 Å². The quantitative estimate of drug-likeness (QED) is 0.600. The summed E-state index contributed by atoms with van der Waals surface area (Å²) in [7, 11) is -4.01. The van der Waals surface area contributed by atoms with Crippen LogP contribution in [0.3, 0.4) is 0 Å². The van der Waals surface area contributed by atoms with Gasteiger partial charge in [0.05, 0.1) is 16.0 Å². The molecule has 0 radical (unpaired) electrons. The van der Waals surface area contributed by atoms with E-state index in [1.807, 2.05) is 36.4 Å². The maximum Gasteiger partial charge on any atom is 0.416 e. The minimum Gasteiger partial charge on any atom is -0.365 e. The smallest absolute Gasteiger partial charge is 0.365 e. The van der Waals surface area contributed by atoms with Crippen molar-refractivity contribution in [3.8, 4) is 6.07 Å². The SMILES string of the molecule is N#Cc1ccccc1S(=O)(=O)N1C[C@H](Nc2cc(C(F)(F)F)ccn2)[C@@H](c2ccccc2)C1. The van der Waals surface area contributed by atoms with Crippen LogP contribution in [0.5, 0.6) is 0 Å². The van der Waals surface area contributed by atoms with E-state index in [0.717, 1.165) is 23.9 Å². The lowest BCUT2D eigenvalue weighted by Gasteiger charge is -2.21. The van der Waals surface area contributed by atoms with E-state index in [1.165, 1.54) is 16.4 Å². The van der Waals surface area contributed by atoms with Crippen LogP contribution in [0.2, 0.25) is 0 Å². The average Bonchev–Trinajstić information content (AvgIpc) is 3.24. The topological polar surface area (TPSA) is 86.1 Å². The van der Waals surface area contributed by atoms with Crippen LogP contribution in [0.15, 0.2) is 77.8 Å². The van der Waals surface area contributed by atoms with Crippen molar-refractivity contribution in [2.45, 2.75) is 23.0 Å². The average molecular weight is 472 g/mol. The fourth-order valence-electron chi connectivity index (χ4n) is 3.95. The van der Waals surface area contributed by atoms with Gasteiger partial charge in [0.15, 0.2) is 0 Å². The van der Waals surface area contributed by atoms with Crippen LogP contribution in [0, 0.1) is 11.3 Å². The molecule has 4 rings (SSSR count). The molecule has 3 aromatic rings. The minimum absolute atomic E-state index is 0.000414. The zero-order chi connectivity index (χ0) is 23.6. The molecule has 2 aromatic carbocycles. The normalized spacial score (nSPS) is 19.2. The molecule has 1 aliphatic rings. The Bertz CT molecular complexity index is 1290. The van der Waals surface area contributed by atoms with Crippen LogP contribution in [0.1, 0.15) is 22.6 Å². The van der Waals surface area contributed by atoms with Gasteiger partial charge in [-0.25, -0.2) is 13.4 Å². The maximum absolute atomic E-state index is 13.4. The highest BCUT2D eigenvalue weighted by Gasteiger charge is 2.41. The predicted octanol–water partition coefficient (Wildman–Crippen LogP) is 4.24. The predicted molar refractivity (Wildman–Crippen MR) is 116 cm³/mol. The molecule has 1 N–H and O–H groups in total. The van der Waals surface area contributed by atoms with Crippen LogP contribution >= 0.6 is 0 Å². The Balaban J connectivity index is 1.68. The summed E-state index contributed by atoms with van der Waals surface area (Å²) in [5, 5.41) is 12.3. The molecule has 0 amide bonds. The molecule has 10 heteroatoms. The lowest BCUT2D eigenvalue weighted by molar-refractivity contribution is -0.137. The van der Waals surface area contributed by atoms with E-state index in [0.29, 0.717) is 0 Å². The van der Waals surface area contributed by atoms with Crippen molar-refractivity contribution in [3.05, 3.63) is 89.6 Å². The third-order valence-corrected chi connectivity index (χ3v) is 7.45. The van der Waals surface area contributed by atoms with Gasteiger partial charge in [-0.05, 0) is 29.8 Å². The summed E-state index contributed by atoms with van der Waals surface area (Å²) in [4.78, 5) is 3.90. The Morgan fingerprint density at radius 1 is 1.03 bits per heavy atom. The summed E-state index contributed by atoms with van der Waals surface area (Å²) >= 11 is 0. The van der Waals surface area contributed by atoms with Gasteiger partial charge in [0, 0.05) is 31.2 Å². The van der Waals surface area contributed by atoms with Crippen molar-refractivity contribution in [1.29, 1.82) is 5.26 Å². The lowest BCUT2D eigenvalue weighted by Crippen LogP contribution is -2.32. The fraction of sp³-hybridized carbons (Fsp3) is 0.217. The molecule has 170 valence electrons. The number of rotatable bonds is 5. The van der Waals surface area contributed by atoms with Crippen LogP contribution in [-0.4, -0.2) is 36.8 Å². The molecular formula is C23H19F3N4O2S. The number of anilines is 1. The second-order valence-corrected chi connectivity index (χ2v) is 9.53. The first-order chi connectivity index (χ1) is 15.7. The molecule has 0 saturated carbocycles. The van der Waals surface area contributed by atoms with Gasteiger partial charge in [-0.15, -0.1) is 0 Å². The summed E-state index contributed by atoms with van der Waals surface area (Å²) in [5.74, 6) is -0.334. The van der Waals surface area contributed by atoms with E-state index in [4.69, 9.17) is 0 Å². The number of hydrogen-bond donors (Lipinski definition) is 1. The number of pyridine rings is 1. The monoisotopic (exact) mass is 472 g/mol. The molecule has 2 atom stereocenters. The second-order valence-electron chi connectivity index (χ2n) is 7.63. The number of nitrogens with one attached hydrogen (secondary N) is 1. The Morgan fingerprint density at radius 3 is 2.42 bits per heavy atom. The van der Waals surface area contributed by atoms with Gasteiger partial charge in [0.2, 0.25) is 10.0 Å². The number of benzene rings is 2. The third-order valence-electron chi connectivity index (χ3n) is 5.56. The zero-order valence-corrected chi connectivity index (χ0v) is 18.0. The van der Waals surface area contributed by atoms with E-state index >= 15 is 0 Å². The molecule has 33 heavy (non-hydrogen) atoms. The van der Waals surface area contributed by atoms with Gasteiger partial charge < -0.3 is 5.32 Å². The maximum atomic E-state index is 13.4. The van der Waals surface area contributed by atoms with Crippen molar-refractivity contribution >= 4 is 15.8 Å². The van der Waals surface area contributed by atoms with Gasteiger partial charge >= 0.3 is 6.18 Å². The minimum atomic E-state index is -4.52. The standard InChI is InChI=1S/C23H19F3N4O2S/c24-23(25,26)18-10-11-28-22(12-18)29-20-15-30(14-19(20)16-6-2-1-3-7-16)33(31,32)21-9-5-4-8-17(21)13-27/h1-12,19-20H,14-15H2,(H,28,29)/t19-,20+/m1/s1. The lowest BCUT2D eigenvalue weighted by atomic mass is 9.94. The Morgan fingerprint density at radius 2 is 1.73 bits per heavy atom. The van der Waals surface area contributed by atoms with Crippen LogP contribution in [0.25, 0.3) is 0 Å². The first kappa shape index (κ1) is 22.8. The summed E-state index contributed by atoms with van der Waals surface area (Å²) in [5.41, 5.74) is 0.0274. The number of nitriles is 1. The van der Waals surface area contributed by atoms with Gasteiger partial charge in [-0.3, -0.25) is 0 Å². The number of aromatic nitrogens is 1. The van der Waals surface area contributed by atoms with E-state index in [1.54, 1.807) is 12.1 Å². The Labute approximate surface area is 189 Å². The van der Waals surface area contributed by atoms with E-state index < -0.39 is 27.8 Å². The largest absolute Gasteiger partial charge is 0.416 e. The van der Waals surface area contributed by atoms with Crippen molar-refractivity contribution < 1.29 is 21.6 Å². The Kier molecular flexibility index (Phi) is 6.10. The van der Waals surface area contributed by atoms with Gasteiger partial charge in [0.1, 0.15) is 11.9 Å². The van der Waals surface area contributed by atoms with Gasteiger partial charge in [-0.1, -0.05) is 42.5 Å². The molecule has 0 unspecified atom stereocenters. The highest BCUT2D eigenvalue weighted by Crippen LogP contribution is 2.35. The van der Waals surface area contributed by atoms with E-state index in [-0.39, 0.29) is 35.3 Å². The molecule has 0 bridgehead atoms. The van der Waals surface area contributed by atoms with Crippen LogP contribution in [-0.2, 0) is 16.2 Å². The summed E-state index contributed by atoms with van der Waals surface area (Å²) in [6.45, 7) is 0.0995. The summed E-state index contributed by atoms with van der Waals surface area (Å²) in [6.07, 6.45) is -3.46. The van der Waals surface area contributed by atoms with Crippen LogP contribution in [0.4, 0.5) is 19.0 Å². The highest BCUT2D eigenvalue weighted by atomic mass is 32.2. The molecule has 2 heterocycles. The number of alkyl halides is 3. The zero-order valence-electron chi connectivity index (χ0n) is 17.2. The summed E-state index contributed by atoms with van der Waals surface area (Å²) < 4.78 is 67.4. The first-order valence-corrected chi connectivity index (χ1v) is 11.5. The molecule has 1 aliphatic heterocycles. The molecule has 0 spiro atoms. The third kappa shape index (κ3) is 4.69. The van der Waals surface area contributed by atoms with Crippen molar-refractivity contribution in [3.63, 3.8) is 0 Å². The molecule has 6 nitrogen and oxygen atoms in total. The van der Waals surface area contributed by atoms with Gasteiger partial charge in [0.25, 0.3) is 0 Å².